The summed E-state index contributed by atoms with van der Waals surface area (Å²) in [6.07, 6.45) is 2.89. The fourth-order valence-electron chi connectivity index (χ4n) is 0.767. The Morgan fingerprint density at radius 1 is 1.55 bits per heavy atom. The van der Waals surface area contributed by atoms with Crippen molar-refractivity contribution in [2.75, 3.05) is 6.54 Å². The molecule has 1 atom stereocenters. The molecule has 0 aromatic rings. The second-order valence-electron chi connectivity index (χ2n) is 2.41. The fourth-order valence-corrected chi connectivity index (χ4v) is 0.767. The maximum Gasteiger partial charge on any atom is 0.419 e. The quantitative estimate of drug-likeness (QED) is 0.447. The summed E-state index contributed by atoms with van der Waals surface area (Å²) in [7, 11) is 0. The summed E-state index contributed by atoms with van der Waals surface area (Å²) in [5.41, 5.74) is 0. The number of rotatable bonds is 7. The van der Waals surface area contributed by atoms with Gasteiger partial charge in [-0.25, -0.2) is 4.79 Å². The highest BCUT2D eigenvalue weighted by molar-refractivity contribution is 5.38. The first-order valence-electron chi connectivity index (χ1n) is 4.11. The van der Waals surface area contributed by atoms with E-state index in [1.807, 2.05) is 6.92 Å². The first-order chi connectivity index (χ1) is 5.35. The molecule has 0 saturated heterocycles. The van der Waals surface area contributed by atoms with Gasteiger partial charge in [0.1, 0.15) is 0 Å². The van der Waals surface area contributed by atoms with Gasteiger partial charge in [0, 0.05) is 0 Å². The van der Waals surface area contributed by atoms with Crippen LogP contribution in [-0.4, -0.2) is 19.2 Å². The van der Waals surface area contributed by atoms with Gasteiger partial charge in [-0.05, 0) is 19.4 Å². The van der Waals surface area contributed by atoms with Gasteiger partial charge >= 0.3 is 6.47 Å². The van der Waals surface area contributed by atoms with Crippen molar-refractivity contribution in [2.45, 2.75) is 39.3 Å². The van der Waals surface area contributed by atoms with Crippen molar-refractivity contribution in [3.63, 3.8) is 0 Å². The third-order valence-corrected chi connectivity index (χ3v) is 1.46. The van der Waals surface area contributed by atoms with Gasteiger partial charge in [-0.3, -0.25) is 5.32 Å². The van der Waals surface area contributed by atoms with Crippen LogP contribution in [0.25, 0.3) is 0 Å². The van der Waals surface area contributed by atoms with Gasteiger partial charge in [0.15, 0.2) is 6.23 Å². The minimum atomic E-state index is -0.154. The molecule has 0 heterocycles. The minimum Gasteiger partial charge on any atom is -0.438 e. The first kappa shape index (κ1) is 10.4. The second kappa shape index (κ2) is 7.54. The van der Waals surface area contributed by atoms with Crippen LogP contribution in [0.1, 0.15) is 33.1 Å². The molecule has 65 valence electrons. The van der Waals surface area contributed by atoms with Gasteiger partial charge in [-0.2, -0.15) is 0 Å². The molecule has 3 heteroatoms. The zero-order valence-electron chi connectivity index (χ0n) is 7.22. The van der Waals surface area contributed by atoms with Crippen LogP contribution in [0.15, 0.2) is 0 Å². The molecule has 3 nitrogen and oxygen atoms in total. The van der Waals surface area contributed by atoms with Gasteiger partial charge in [0.2, 0.25) is 0 Å². The van der Waals surface area contributed by atoms with E-state index in [4.69, 9.17) is 0 Å². The molecule has 1 unspecified atom stereocenters. The molecule has 0 aliphatic heterocycles. The Morgan fingerprint density at radius 3 is 2.73 bits per heavy atom. The van der Waals surface area contributed by atoms with E-state index in [2.05, 4.69) is 17.0 Å². The highest BCUT2D eigenvalue weighted by Crippen LogP contribution is 1.92. The molecular weight excluding hydrogens is 142 g/mol. The molecule has 1 radical (unpaired) electrons. The second-order valence-corrected chi connectivity index (χ2v) is 2.41. The fraction of sp³-hybridized carbons (Fsp3) is 0.875. The molecule has 0 saturated carbocycles. The number of carbonyl (C=O) groups excluding carboxylic acids is 1. The zero-order valence-corrected chi connectivity index (χ0v) is 7.22. The van der Waals surface area contributed by atoms with Crippen molar-refractivity contribution in [3.05, 3.63) is 0 Å². The van der Waals surface area contributed by atoms with E-state index in [0.29, 0.717) is 0 Å². The zero-order chi connectivity index (χ0) is 8.53. The number of ether oxygens (including phenoxy) is 1. The average molecular weight is 158 g/mol. The lowest BCUT2D eigenvalue weighted by atomic mass is 10.3. The molecule has 0 aromatic heterocycles. The summed E-state index contributed by atoms with van der Waals surface area (Å²) in [6, 6.07) is 0. The Balaban J connectivity index is 3.27. The van der Waals surface area contributed by atoms with Crippen molar-refractivity contribution in [1.82, 2.24) is 5.32 Å². The number of hydrogen-bond donors (Lipinski definition) is 1. The van der Waals surface area contributed by atoms with E-state index in [0.717, 1.165) is 25.8 Å². The van der Waals surface area contributed by atoms with Crippen molar-refractivity contribution >= 4 is 6.47 Å². The van der Waals surface area contributed by atoms with Gasteiger partial charge < -0.3 is 4.74 Å². The minimum absolute atomic E-state index is 0.154. The normalized spacial score (nSPS) is 12.5. The van der Waals surface area contributed by atoms with E-state index < -0.39 is 0 Å². The predicted molar refractivity (Wildman–Crippen MR) is 43.8 cm³/mol. The highest BCUT2D eigenvalue weighted by Gasteiger charge is 2.03. The molecule has 0 aromatic carbocycles. The maximum atomic E-state index is 9.82. The molecular formula is C8H16NO2. The van der Waals surface area contributed by atoms with Crippen LogP contribution < -0.4 is 5.32 Å². The number of nitrogens with one attached hydrogen (secondary N) is 1. The smallest absolute Gasteiger partial charge is 0.419 e. The van der Waals surface area contributed by atoms with E-state index in [1.54, 1.807) is 0 Å². The number of unbranched alkanes of at least 4 members (excludes halogenated alkanes) is 1. The van der Waals surface area contributed by atoms with Gasteiger partial charge in [-0.1, -0.05) is 20.3 Å². The summed E-state index contributed by atoms with van der Waals surface area (Å²) in [6.45, 7) is 6.41. The summed E-state index contributed by atoms with van der Waals surface area (Å²) in [5.74, 6) is 0. The third-order valence-electron chi connectivity index (χ3n) is 1.46. The summed E-state index contributed by atoms with van der Waals surface area (Å²) < 4.78 is 4.62. The van der Waals surface area contributed by atoms with E-state index >= 15 is 0 Å². The van der Waals surface area contributed by atoms with Crippen molar-refractivity contribution in [1.29, 1.82) is 0 Å². The van der Waals surface area contributed by atoms with Crippen LogP contribution in [0.3, 0.4) is 0 Å². The molecule has 0 rings (SSSR count). The Kier molecular flexibility index (Phi) is 7.15. The monoisotopic (exact) mass is 158 g/mol. The van der Waals surface area contributed by atoms with Crippen LogP contribution in [0, 0.1) is 0 Å². The lowest BCUT2D eigenvalue weighted by Crippen LogP contribution is -2.31. The largest absolute Gasteiger partial charge is 0.438 e. The standard InChI is InChI=1S/C8H16NO2/c1-3-5-6-9-8(4-2)11-7-10/h8-9H,3-6H2,1-2H3. The molecule has 0 bridgehead atoms. The van der Waals surface area contributed by atoms with Gasteiger partial charge in [0.25, 0.3) is 0 Å². The van der Waals surface area contributed by atoms with E-state index in [9.17, 15) is 4.79 Å². The van der Waals surface area contributed by atoms with Crippen molar-refractivity contribution < 1.29 is 9.53 Å². The van der Waals surface area contributed by atoms with E-state index in [1.165, 1.54) is 6.47 Å². The SMILES string of the molecule is CCCCNC(CC)O[C]=O. The van der Waals surface area contributed by atoms with Crippen LogP contribution in [-0.2, 0) is 9.53 Å². The van der Waals surface area contributed by atoms with Crippen LogP contribution in [0.4, 0.5) is 0 Å². The number of hydrogen-bond acceptors (Lipinski definition) is 3. The Hall–Kier alpha value is -0.570. The molecule has 0 aliphatic carbocycles. The van der Waals surface area contributed by atoms with Crippen LogP contribution >= 0.6 is 0 Å². The average Bonchev–Trinajstić information content (AvgIpc) is 2.03. The van der Waals surface area contributed by atoms with E-state index in [-0.39, 0.29) is 6.23 Å². The molecule has 1 N–H and O–H groups in total. The molecule has 0 spiro atoms. The maximum absolute atomic E-state index is 9.82. The van der Waals surface area contributed by atoms with Crippen LogP contribution in [0.5, 0.6) is 0 Å². The van der Waals surface area contributed by atoms with Gasteiger partial charge in [0.05, 0.1) is 0 Å². The van der Waals surface area contributed by atoms with Crippen LogP contribution in [0.2, 0.25) is 0 Å². The Morgan fingerprint density at radius 2 is 2.27 bits per heavy atom. The Bertz CT molecular complexity index is 96.1. The molecule has 0 aliphatic rings. The lowest BCUT2D eigenvalue weighted by Gasteiger charge is -2.13. The predicted octanol–water partition coefficient (Wildman–Crippen LogP) is 1.20. The first-order valence-corrected chi connectivity index (χ1v) is 4.11. The Labute approximate surface area is 68.1 Å². The van der Waals surface area contributed by atoms with Gasteiger partial charge in [-0.15, -0.1) is 0 Å². The molecule has 0 amide bonds. The summed E-state index contributed by atoms with van der Waals surface area (Å²) in [5, 5.41) is 3.09. The summed E-state index contributed by atoms with van der Waals surface area (Å²) in [4.78, 5) is 9.82. The third kappa shape index (κ3) is 5.85. The summed E-state index contributed by atoms with van der Waals surface area (Å²) >= 11 is 0. The molecule has 11 heavy (non-hydrogen) atoms. The van der Waals surface area contributed by atoms with Crippen molar-refractivity contribution in [2.24, 2.45) is 0 Å². The topological polar surface area (TPSA) is 38.3 Å². The van der Waals surface area contributed by atoms with Crippen molar-refractivity contribution in [3.8, 4) is 0 Å². The highest BCUT2D eigenvalue weighted by atomic mass is 16.5. The lowest BCUT2D eigenvalue weighted by molar-refractivity contribution is 0.138. The molecule has 0 fully saturated rings.